The van der Waals surface area contributed by atoms with Crippen LogP contribution < -0.4 is 10.1 Å². The fourth-order valence-electron chi connectivity index (χ4n) is 2.08. The van der Waals surface area contributed by atoms with E-state index in [1.165, 1.54) is 6.42 Å². The van der Waals surface area contributed by atoms with Gasteiger partial charge in [-0.05, 0) is 44.2 Å². The fourth-order valence-corrected chi connectivity index (χ4v) is 2.08. The molecule has 0 bridgehead atoms. The van der Waals surface area contributed by atoms with Crippen LogP contribution in [-0.4, -0.2) is 25.2 Å². The van der Waals surface area contributed by atoms with Crippen molar-refractivity contribution in [3.05, 3.63) is 24.3 Å². The van der Waals surface area contributed by atoms with E-state index in [1.54, 1.807) is 13.0 Å². The van der Waals surface area contributed by atoms with Gasteiger partial charge in [-0.25, -0.2) is 0 Å². The molecule has 2 rings (SSSR count). The number of nitrogens with one attached hydrogen (secondary N) is 1. The molecular weight excluding hydrogens is 254 g/mol. The lowest BCUT2D eigenvalue weighted by Crippen LogP contribution is -2.26. The molecule has 0 radical (unpaired) electrons. The summed E-state index contributed by atoms with van der Waals surface area (Å²) in [6, 6.07) is 7.35. The number of para-hydroxylation sites is 2. The van der Waals surface area contributed by atoms with Crippen molar-refractivity contribution in [2.45, 2.75) is 32.3 Å². The molecule has 0 aromatic heterocycles. The van der Waals surface area contributed by atoms with E-state index in [4.69, 9.17) is 9.47 Å². The summed E-state index contributed by atoms with van der Waals surface area (Å²) >= 11 is 0. The molecule has 4 nitrogen and oxygen atoms in total. The van der Waals surface area contributed by atoms with Gasteiger partial charge in [0.05, 0.1) is 11.8 Å². The largest absolute Gasteiger partial charge is 0.489 e. The Bertz CT molecular complexity index is 510. The zero-order valence-corrected chi connectivity index (χ0v) is 11.6. The first-order valence-corrected chi connectivity index (χ1v) is 6.87. The molecule has 1 unspecified atom stereocenters. The van der Waals surface area contributed by atoms with Crippen LogP contribution in [0.25, 0.3) is 0 Å². The van der Waals surface area contributed by atoms with E-state index in [0.717, 1.165) is 19.4 Å². The minimum absolute atomic E-state index is 0.142. The molecule has 0 aliphatic carbocycles. The summed E-state index contributed by atoms with van der Waals surface area (Å²) in [5, 5.41) is 2.72. The van der Waals surface area contributed by atoms with Crippen LogP contribution in [0.15, 0.2) is 24.3 Å². The predicted molar refractivity (Wildman–Crippen MR) is 77.6 cm³/mol. The zero-order chi connectivity index (χ0) is 14.2. The summed E-state index contributed by atoms with van der Waals surface area (Å²) < 4.78 is 11.4. The van der Waals surface area contributed by atoms with Crippen molar-refractivity contribution >= 4 is 11.6 Å². The monoisotopic (exact) mass is 273 g/mol. The number of anilines is 1. The molecule has 1 N–H and O–H groups in total. The van der Waals surface area contributed by atoms with Crippen LogP contribution in [-0.2, 0) is 9.53 Å². The van der Waals surface area contributed by atoms with Crippen LogP contribution in [0.1, 0.15) is 26.2 Å². The Kier molecular flexibility index (Phi) is 5.45. The molecule has 1 aromatic rings. The van der Waals surface area contributed by atoms with Gasteiger partial charge < -0.3 is 14.8 Å². The van der Waals surface area contributed by atoms with E-state index in [1.807, 2.05) is 18.2 Å². The molecule has 20 heavy (non-hydrogen) atoms. The highest BCUT2D eigenvalue weighted by molar-refractivity contribution is 6.04. The Morgan fingerprint density at radius 3 is 3.05 bits per heavy atom. The molecule has 1 saturated heterocycles. The van der Waals surface area contributed by atoms with Crippen molar-refractivity contribution in [1.82, 2.24) is 0 Å². The maximum absolute atomic E-state index is 11.5. The first kappa shape index (κ1) is 14.4. The number of carbonyl (C=O) groups is 1. The number of amides is 1. The Morgan fingerprint density at radius 2 is 2.30 bits per heavy atom. The number of hydrogen-bond donors (Lipinski definition) is 1. The summed E-state index contributed by atoms with van der Waals surface area (Å²) in [4.78, 5) is 11.5. The standard InChI is InChI=1S/C16H19NO3/c1-2-7-16(18)17-14-9-3-4-10-15(14)20-12-13-8-5-6-11-19-13/h3-4,9-10,13H,5-6,8,11-12H2,1H3,(H,17,18). The molecule has 1 aromatic carbocycles. The van der Waals surface area contributed by atoms with E-state index in [-0.39, 0.29) is 12.0 Å². The average Bonchev–Trinajstić information content (AvgIpc) is 2.48. The lowest BCUT2D eigenvalue weighted by molar-refractivity contribution is -0.111. The minimum atomic E-state index is -0.336. The van der Waals surface area contributed by atoms with Crippen LogP contribution in [0.2, 0.25) is 0 Å². The van der Waals surface area contributed by atoms with Crippen LogP contribution in [0, 0.1) is 11.8 Å². The predicted octanol–water partition coefficient (Wildman–Crippen LogP) is 2.60. The third-order valence-electron chi connectivity index (χ3n) is 3.07. The topological polar surface area (TPSA) is 47.6 Å². The Balaban J connectivity index is 1.95. The molecule has 1 aliphatic heterocycles. The first-order valence-electron chi connectivity index (χ1n) is 6.87. The molecule has 0 saturated carbocycles. The van der Waals surface area contributed by atoms with E-state index >= 15 is 0 Å². The molecule has 1 atom stereocenters. The van der Waals surface area contributed by atoms with Gasteiger partial charge in [-0.3, -0.25) is 4.79 Å². The molecule has 1 aliphatic rings. The van der Waals surface area contributed by atoms with Crippen molar-refractivity contribution in [2.24, 2.45) is 0 Å². The van der Waals surface area contributed by atoms with Gasteiger partial charge in [0.1, 0.15) is 12.4 Å². The molecule has 4 heteroatoms. The van der Waals surface area contributed by atoms with Crippen LogP contribution in [0.3, 0.4) is 0 Å². The first-order chi connectivity index (χ1) is 9.79. The second-order valence-electron chi connectivity index (χ2n) is 4.62. The fraction of sp³-hybridized carbons (Fsp3) is 0.438. The van der Waals surface area contributed by atoms with E-state index in [0.29, 0.717) is 18.0 Å². The normalized spacial score (nSPS) is 17.8. The third-order valence-corrected chi connectivity index (χ3v) is 3.07. The quantitative estimate of drug-likeness (QED) is 0.858. The SMILES string of the molecule is CC#CC(=O)Nc1ccccc1OCC1CCCCO1. The van der Waals surface area contributed by atoms with Crippen molar-refractivity contribution in [3.63, 3.8) is 0 Å². The molecule has 106 valence electrons. The second kappa shape index (κ2) is 7.56. The third kappa shape index (κ3) is 4.29. The van der Waals surface area contributed by atoms with Crippen molar-refractivity contribution < 1.29 is 14.3 Å². The van der Waals surface area contributed by atoms with Gasteiger partial charge >= 0.3 is 0 Å². The minimum Gasteiger partial charge on any atom is -0.489 e. The highest BCUT2D eigenvalue weighted by Gasteiger charge is 2.15. The number of benzene rings is 1. The van der Waals surface area contributed by atoms with Gasteiger partial charge in [-0.1, -0.05) is 18.1 Å². The molecular formula is C16H19NO3. The molecule has 1 amide bonds. The summed E-state index contributed by atoms with van der Waals surface area (Å²) in [5.74, 6) is 5.32. The second-order valence-corrected chi connectivity index (χ2v) is 4.62. The van der Waals surface area contributed by atoms with Gasteiger partial charge in [0.15, 0.2) is 0 Å². The number of hydrogen-bond acceptors (Lipinski definition) is 3. The van der Waals surface area contributed by atoms with Crippen molar-refractivity contribution in [2.75, 3.05) is 18.5 Å². The Hall–Kier alpha value is -1.99. The van der Waals surface area contributed by atoms with Crippen LogP contribution in [0.5, 0.6) is 5.75 Å². The lowest BCUT2D eigenvalue weighted by Gasteiger charge is -2.23. The Labute approximate surface area is 119 Å². The summed E-state index contributed by atoms with van der Waals surface area (Å²) in [5.41, 5.74) is 0.635. The average molecular weight is 273 g/mol. The summed E-state index contributed by atoms with van der Waals surface area (Å²) in [6.45, 7) is 2.94. The molecule has 1 heterocycles. The van der Waals surface area contributed by atoms with Gasteiger partial charge in [0.2, 0.25) is 0 Å². The molecule has 1 fully saturated rings. The number of rotatable bonds is 4. The van der Waals surface area contributed by atoms with Gasteiger partial charge in [0.25, 0.3) is 5.91 Å². The highest BCUT2D eigenvalue weighted by Crippen LogP contribution is 2.24. The number of ether oxygens (including phenoxy) is 2. The van der Waals surface area contributed by atoms with Gasteiger partial charge in [-0.15, -0.1) is 0 Å². The van der Waals surface area contributed by atoms with Crippen LogP contribution >= 0.6 is 0 Å². The molecule has 0 spiro atoms. The zero-order valence-electron chi connectivity index (χ0n) is 11.6. The maximum Gasteiger partial charge on any atom is 0.300 e. The lowest BCUT2D eigenvalue weighted by atomic mass is 10.1. The van der Waals surface area contributed by atoms with E-state index < -0.39 is 0 Å². The summed E-state index contributed by atoms with van der Waals surface area (Å²) in [7, 11) is 0. The highest BCUT2D eigenvalue weighted by atomic mass is 16.5. The summed E-state index contributed by atoms with van der Waals surface area (Å²) in [6.07, 6.45) is 3.47. The number of carbonyl (C=O) groups excluding carboxylic acids is 1. The van der Waals surface area contributed by atoms with Crippen molar-refractivity contribution in [1.29, 1.82) is 0 Å². The maximum atomic E-state index is 11.5. The van der Waals surface area contributed by atoms with E-state index in [9.17, 15) is 4.79 Å². The van der Waals surface area contributed by atoms with Gasteiger partial charge in [0, 0.05) is 6.61 Å². The Morgan fingerprint density at radius 1 is 1.45 bits per heavy atom. The van der Waals surface area contributed by atoms with E-state index in [2.05, 4.69) is 17.2 Å². The van der Waals surface area contributed by atoms with Gasteiger partial charge in [-0.2, -0.15) is 0 Å². The van der Waals surface area contributed by atoms with Crippen LogP contribution in [0.4, 0.5) is 5.69 Å². The smallest absolute Gasteiger partial charge is 0.300 e. The van der Waals surface area contributed by atoms with Crippen molar-refractivity contribution in [3.8, 4) is 17.6 Å².